The maximum atomic E-state index is 4.31. The van der Waals surface area contributed by atoms with Gasteiger partial charge in [-0.1, -0.05) is 0 Å². The molecule has 4 nitrogen and oxygen atoms in total. The van der Waals surface area contributed by atoms with Gasteiger partial charge in [-0.2, -0.15) is 10.2 Å². The Morgan fingerprint density at radius 2 is 1.00 bits per heavy atom. The Labute approximate surface area is 119 Å². The molecule has 0 saturated heterocycles. The molecule has 0 aliphatic rings. The fourth-order valence-electron chi connectivity index (χ4n) is 1.75. The van der Waals surface area contributed by atoms with Gasteiger partial charge < -0.3 is 0 Å². The van der Waals surface area contributed by atoms with Gasteiger partial charge in [0.2, 0.25) is 0 Å². The molecular formula is C16H20N4+2. The molecule has 0 saturated carbocycles. The molecule has 0 N–H and O–H groups in total. The van der Waals surface area contributed by atoms with Crippen LogP contribution in [0.1, 0.15) is 25.0 Å². The van der Waals surface area contributed by atoms with Crippen LogP contribution in [0.5, 0.6) is 0 Å². The Morgan fingerprint density at radius 3 is 1.30 bits per heavy atom. The van der Waals surface area contributed by atoms with E-state index >= 15 is 0 Å². The molecule has 0 bridgehead atoms. The summed E-state index contributed by atoms with van der Waals surface area (Å²) in [6, 6.07) is 8.14. The Balaban J connectivity index is 2.19. The van der Waals surface area contributed by atoms with E-state index in [4.69, 9.17) is 0 Å². The summed E-state index contributed by atoms with van der Waals surface area (Å²) in [4.78, 5) is 0. The number of pyridine rings is 2. The van der Waals surface area contributed by atoms with Crippen LogP contribution in [0.25, 0.3) is 0 Å². The highest BCUT2D eigenvalue weighted by molar-refractivity contribution is 6.01. The third-order valence-electron chi connectivity index (χ3n) is 3.14. The van der Waals surface area contributed by atoms with Gasteiger partial charge in [0.05, 0.1) is 11.4 Å². The van der Waals surface area contributed by atoms with Crippen LogP contribution in [-0.4, -0.2) is 11.4 Å². The van der Waals surface area contributed by atoms with Crippen LogP contribution in [0, 0.1) is 0 Å². The Morgan fingerprint density at radius 1 is 0.700 bits per heavy atom. The first kappa shape index (κ1) is 14.1. The quantitative estimate of drug-likeness (QED) is 0.460. The number of nitrogens with zero attached hydrogens (tertiary/aromatic N) is 4. The highest BCUT2D eigenvalue weighted by atomic mass is 15.2. The largest absolute Gasteiger partial charge is 0.208 e. The highest BCUT2D eigenvalue weighted by Crippen LogP contribution is 2.02. The van der Waals surface area contributed by atoms with Crippen LogP contribution in [0.15, 0.2) is 59.3 Å². The van der Waals surface area contributed by atoms with Crippen molar-refractivity contribution < 1.29 is 9.13 Å². The molecule has 2 aromatic heterocycles. The van der Waals surface area contributed by atoms with Gasteiger partial charge >= 0.3 is 0 Å². The van der Waals surface area contributed by atoms with E-state index in [2.05, 4.69) is 10.2 Å². The monoisotopic (exact) mass is 268 g/mol. The van der Waals surface area contributed by atoms with Crippen LogP contribution < -0.4 is 9.13 Å². The Hall–Kier alpha value is -2.36. The molecule has 0 atom stereocenters. The van der Waals surface area contributed by atoms with E-state index in [1.807, 2.05) is 86.1 Å². The van der Waals surface area contributed by atoms with Gasteiger partial charge in [0.25, 0.3) is 0 Å². The molecule has 2 heterocycles. The molecular weight excluding hydrogens is 248 g/mol. The smallest absolute Gasteiger partial charge is 0.169 e. The van der Waals surface area contributed by atoms with E-state index in [9.17, 15) is 0 Å². The van der Waals surface area contributed by atoms with Crippen LogP contribution in [0.3, 0.4) is 0 Å². The molecule has 0 radical (unpaired) electrons. The molecule has 4 heteroatoms. The van der Waals surface area contributed by atoms with Gasteiger partial charge in [-0.05, 0) is 13.8 Å². The molecule has 2 aromatic rings. The van der Waals surface area contributed by atoms with Crippen molar-refractivity contribution in [3.05, 3.63) is 60.2 Å². The van der Waals surface area contributed by atoms with Crippen LogP contribution in [0.4, 0.5) is 0 Å². The zero-order chi connectivity index (χ0) is 14.5. The fourth-order valence-corrected chi connectivity index (χ4v) is 1.75. The lowest BCUT2D eigenvalue weighted by atomic mass is 10.2. The lowest BCUT2D eigenvalue weighted by Gasteiger charge is -1.99. The maximum Gasteiger partial charge on any atom is 0.169 e. The van der Waals surface area contributed by atoms with E-state index in [1.54, 1.807) is 0 Å². The zero-order valence-corrected chi connectivity index (χ0v) is 12.4. The first-order chi connectivity index (χ1) is 9.56. The van der Waals surface area contributed by atoms with E-state index in [0.29, 0.717) is 0 Å². The number of rotatable bonds is 3. The minimum atomic E-state index is 0.909. The third kappa shape index (κ3) is 3.57. The van der Waals surface area contributed by atoms with Crippen molar-refractivity contribution in [2.75, 3.05) is 0 Å². The van der Waals surface area contributed by atoms with Crippen molar-refractivity contribution in [1.29, 1.82) is 0 Å². The second-order valence-electron chi connectivity index (χ2n) is 4.88. The number of aryl methyl sites for hydroxylation is 2. The second-order valence-corrected chi connectivity index (χ2v) is 4.88. The molecule has 0 aliphatic carbocycles. The molecule has 102 valence electrons. The van der Waals surface area contributed by atoms with Gasteiger partial charge in [0.15, 0.2) is 24.8 Å². The summed E-state index contributed by atoms with van der Waals surface area (Å²) in [6.45, 7) is 3.94. The fraction of sp³-hybridized carbons (Fsp3) is 0.250. The van der Waals surface area contributed by atoms with E-state index in [1.165, 1.54) is 0 Å². The number of aromatic nitrogens is 2. The summed E-state index contributed by atoms with van der Waals surface area (Å²) < 4.78 is 3.99. The Kier molecular flexibility index (Phi) is 4.35. The zero-order valence-electron chi connectivity index (χ0n) is 12.4. The summed E-state index contributed by atoms with van der Waals surface area (Å²) in [7, 11) is 3.99. The predicted octanol–water partition coefficient (Wildman–Crippen LogP) is 1.57. The summed E-state index contributed by atoms with van der Waals surface area (Å²) >= 11 is 0. The summed E-state index contributed by atoms with van der Waals surface area (Å²) in [5, 5.41) is 8.62. The van der Waals surface area contributed by atoms with Crippen LogP contribution >= 0.6 is 0 Å². The van der Waals surface area contributed by atoms with Crippen molar-refractivity contribution in [2.24, 2.45) is 24.3 Å². The maximum absolute atomic E-state index is 4.31. The average Bonchev–Trinajstić information content (AvgIpc) is 2.46. The molecule has 2 rings (SSSR count). The summed E-state index contributed by atoms with van der Waals surface area (Å²) in [5.74, 6) is 0. The van der Waals surface area contributed by atoms with Crippen molar-refractivity contribution in [3.63, 3.8) is 0 Å². The molecule has 0 aromatic carbocycles. The first-order valence-corrected chi connectivity index (χ1v) is 6.56. The highest BCUT2D eigenvalue weighted by Gasteiger charge is 2.01. The SMILES string of the molecule is C/C(=N\N=C(/C)c1cc[n+](C)cc1)c1cc[n+](C)cc1. The van der Waals surface area contributed by atoms with Gasteiger partial charge in [-0.25, -0.2) is 9.13 Å². The number of hydrogen-bond donors (Lipinski definition) is 0. The summed E-state index contributed by atoms with van der Waals surface area (Å²) in [6.07, 6.45) is 8.01. The lowest BCUT2D eigenvalue weighted by molar-refractivity contribution is -0.671. The van der Waals surface area contributed by atoms with Crippen LogP contribution in [-0.2, 0) is 14.1 Å². The Bertz CT molecular complexity index is 578. The lowest BCUT2D eigenvalue weighted by Crippen LogP contribution is -2.26. The standard InChI is InChI=1S/C16H20N4/c1-13(15-5-9-19(3)10-6-15)17-18-14(2)16-7-11-20(4)12-8-16/h5-12H,1-4H3/q+2. The van der Waals surface area contributed by atoms with Gasteiger partial charge in [0, 0.05) is 35.4 Å². The molecule has 0 spiro atoms. The average molecular weight is 268 g/mol. The predicted molar refractivity (Wildman–Crippen MR) is 79.7 cm³/mol. The van der Waals surface area contributed by atoms with Crippen molar-refractivity contribution in [1.82, 2.24) is 0 Å². The number of hydrogen-bond acceptors (Lipinski definition) is 2. The third-order valence-corrected chi connectivity index (χ3v) is 3.14. The molecule has 0 amide bonds. The van der Waals surface area contributed by atoms with E-state index < -0.39 is 0 Å². The molecule has 0 unspecified atom stereocenters. The van der Waals surface area contributed by atoms with E-state index in [0.717, 1.165) is 22.6 Å². The topological polar surface area (TPSA) is 32.5 Å². The van der Waals surface area contributed by atoms with E-state index in [-0.39, 0.29) is 0 Å². The van der Waals surface area contributed by atoms with Gasteiger partial charge in [-0.15, -0.1) is 0 Å². The molecule has 0 aliphatic heterocycles. The minimum absolute atomic E-state index is 0.909. The molecule has 20 heavy (non-hydrogen) atoms. The first-order valence-electron chi connectivity index (χ1n) is 6.56. The second kappa shape index (κ2) is 6.19. The van der Waals surface area contributed by atoms with Crippen LogP contribution in [0.2, 0.25) is 0 Å². The summed E-state index contributed by atoms with van der Waals surface area (Å²) in [5.41, 5.74) is 3.98. The van der Waals surface area contributed by atoms with Gasteiger partial charge in [0.1, 0.15) is 14.1 Å². The van der Waals surface area contributed by atoms with Crippen molar-refractivity contribution >= 4 is 11.4 Å². The van der Waals surface area contributed by atoms with Crippen molar-refractivity contribution in [3.8, 4) is 0 Å². The normalized spacial score (nSPS) is 12.6. The van der Waals surface area contributed by atoms with Gasteiger partial charge in [-0.3, -0.25) is 0 Å². The minimum Gasteiger partial charge on any atom is -0.208 e. The van der Waals surface area contributed by atoms with Crippen molar-refractivity contribution in [2.45, 2.75) is 13.8 Å². The molecule has 0 fully saturated rings.